The van der Waals surface area contributed by atoms with Crippen molar-refractivity contribution >= 4 is 22.8 Å². The minimum atomic E-state index is -0.532. The van der Waals surface area contributed by atoms with Crippen LogP contribution in [-0.4, -0.2) is 52.9 Å². The first-order chi connectivity index (χ1) is 14.5. The number of benzene rings is 2. The molecule has 0 spiro atoms. The van der Waals surface area contributed by atoms with E-state index in [-0.39, 0.29) is 35.3 Å². The van der Waals surface area contributed by atoms with Crippen LogP contribution in [0.4, 0.5) is 8.78 Å². The van der Waals surface area contributed by atoms with Gasteiger partial charge in [-0.05, 0) is 56.3 Å². The molecule has 0 saturated carbocycles. The fraction of sp³-hybridized carbons (Fsp3) is 0.318. The maximum atomic E-state index is 14.2. The van der Waals surface area contributed by atoms with Crippen molar-refractivity contribution in [1.29, 1.82) is 0 Å². The Bertz CT molecular complexity index is 1150. The molecule has 3 heterocycles. The third-order valence-electron chi connectivity index (χ3n) is 6.02. The minimum absolute atomic E-state index is 0.0988. The molecular formula is C22H19F2N3O3. The van der Waals surface area contributed by atoms with Crippen molar-refractivity contribution in [2.24, 2.45) is 0 Å². The van der Waals surface area contributed by atoms with Gasteiger partial charge in [0, 0.05) is 19.0 Å². The number of imide groups is 1. The van der Waals surface area contributed by atoms with Gasteiger partial charge in [-0.15, -0.1) is 0 Å². The summed E-state index contributed by atoms with van der Waals surface area (Å²) in [5.74, 6) is -1.59. The molecule has 1 aromatic heterocycles. The Balaban J connectivity index is 1.21. The van der Waals surface area contributed by atoms with Crippen molar-refractivity contribution in [3.8, 4) is 0 Å². The molecule has 3 aromatic rings. The van der Waals surface area contributed by atoms with E-state index in [0.29, 0.717) is 23.2 Å². The van der Waals surface area contributed by atoms with E-state index in [4.69, 9.17) is 4.52 Å². The lowest BCUT2D eigenvalue weighted by molar-refractivity contribution is 0.0629. The van der Waals surface area contributed by atoms with Gasteiger partial charge in [-0.2, -0.15) is 0 Å². The van der Waals surface area contributed by atoms with E-state index in [9.17, 15) is 18.4 Å². The predicted octanol–water partition coefficient (Wildman–Crippen LogP) is 3.58. The van der Waals surface area contributed by atoms with Gasteiger partial charge in [0.25, 0.3) is 11.8 Å². The second-order valence-corrected chi connectivity index (χ2v) is 7.75. The largest absolute Gasteiger partial charge is 0.356 e. The highest BCUT2D eigenvalue weighted by Gasteiger charge is 2.36. The van der Waals surface area contributed by atoms with Crippen molar-refractivity contribution in [3.63, 3.8) is 0 Å². The van der Waals surface area contributed by atoms with Gasteiger partial charge in [0.1, 0.15) is 11.6 Å². The van der Waals surface area contributed by atoms with Crippen LogP contribution >= 0.6 is 0 Å². The number of fused-ring (bicyclic) bond motifs is 2. The first-order valence-corrected chi connectivity index (χ1v) is 9.95. The summed E-state index contributed by atoms with van der Waals surface area (Å²) in [6.45, 7) is 2.27. The van der Waals surface area contributed by atoms with Crippen LogP contribution in [0.15, 0.2) is 40.9 Å². The Kier molecular flexibility index (Phi) is 4.58. The molecule has 1 saturated heterocycles. The van der Waals surface area contributed by atoms with Gasteiger partial charge in [-0.25, -0.2) is 8.78 Å². The van der Waals surface area contributed by atoms with Crippen molar-refractivity contribution in [3.05, 3.63) is 64.9 Å². The zero-order valence-electron chi connectivity index (χ0n) is 16.1. The second-order valence-electron chi connectivity index (χ2n) is 7.75. The Labute approximate surface area is 171 Å². The fourth-order valence-electron chi connectivity index (χ4n) is 4.39. The summed E-state index contributed by atoms with van der Waals surface area (Å²) in [6, 6.07) is 8.38. The van der Waals surface area contributed by atoms with Gasteiger partial charge in [0.2, 0.25) is 0 Å². The molecule has 0 atom stereocenters. The molecule has 1 fully saturated rings. The molecule has 2 aromatic carbocycles. The smallest absolute Gasteiger partial charge is 0.261 e. The third kappa shape index (κ3) is 3.08. The topological polar surface area (TPSA) is 66.7 Å². The molecule has 30 heavy (non-hydrogen) atoms. The number of rotatable bonds is 4. The fourth-order valence-corrected chi connectivity index (χ4v) is 4.39. The number of aromatic nitrogens is 1. The zero-order chi connectivity index (χ0) is 20.8. The van der Waals surface area contributed by atoms with E-state index in [1.54, 1.807) is 12.1 Å². The normalized spacial score (nSPS) is 17.9. The highest BCUT2D eigenvalue weighted by Crippen LogP contribution is 2.33. The maximum absolute atomic E-state index is 14.2. The summed E-state index contributed by atoms with van der Waals surface area (Å²) < 4.78 is 32.9. The van der Waals surface area contributed by atoms with Crippen molar-refractivity contribution < 1.29 is 22.9 Å². The maximum Gasteiger partial charge on any atom is 0.261 e. The van der Waals surface area contributed by atoms with Crippen LogP contribution in [0.3, 0.4) is 0 Å². The van der Waals surface area contributed by atoms with Crippen LogP contribution in [0, 0.1) is 11.6 Å². The van der Waals surface area contributed by atoms with Crippen LogP contribution in [0.2, 0.25) is 0 Å². The molecule has 0 radical (unpaired) electrons. The lowest BCUT2D eigenvalue weighted by Crippen LogP contribution is -2.41. The Morgan fingerprint density at radius 3 is 2.57 bits per heavy atom. The van der Waals surface area contributed by atoms with Gasteiger partial charge < -0.3 is 9.42 Å². The molecule has 0 unspecified atom stereocenters. The number of hydrogen-bond acceptors (Lipinski definition) is 5. The minimum Gasteiger partial charge on any atom is -0.356 e. The van der Waals surface area contributed by atoms with Crippen molar-refractivity contribution in [2.45, 2.75) is 18.8 Å². The van der Waals surface area contributed by atoms with E-state index < -0.39 is 11.7 Å². The number of hydrogen-bond donors (Lipinski definition) is 0. The van der Waals surface area contributed by atoms with E-state index in [0.717, 1.165) is 32.0 Å². The number of likely N-dealkylation sites (tertiary alicyclic amines) is 1. The average molecular weight is 411 g/mol. The standard InChI is InChI=1S/C22H19F2N3O3/c23-14-4-5-15-16(12-14)22(29)27(21(15)28)11-10-26-8-6-13(7-9-26)20-19-17(24)2-1-3-18(19)30-25-20/h1-5,12-13H,6-11H2. The first kappa shape index (κ1) is 18.9. The monoisotopic (exact) mass is 411 g/mol. The molecule has 154 valence electrons. The summed E-state index contributed by atoms with van der Waals surface area (Å²) in [5.41, 5.74) is 1.48. The number of amides is 2. The summed E-state index contributed by atoms with van der Waals surface area (Å²) in [6.07, 6.45) is 1.56. The Morgan fingerprint density at radius 1 is 1.00 bits per heavy atom. The van der Waals surface area contributed by atoms with Crippen LogP contribution in [0.5, 0.6) is 0 Å². The molecule has 0 bridgehead atoms. The molecule has 0 aliphatic carbocycles. The van der Waals surface area contributed by atoms with Crippen LogP contribution in [-0.2, 0) is 0 Å². The van der Waals surface area contributed by atoms with Gasteiger partial charge in [-0.1, -0.05) is 11.2 Å². The Hall–Kier alpha value is -3.13. The zero-order valence-corrected chi connectivity index (χ0v) is 16.1. The van der Waals surface area contributed by atoms with Gasteiger partial charge >= 0.3 is 0 Å². The quantitative estimate of drug-likeness (QED) is 0.614. The van der Waals surface area contributed by atoms with Gasteiger partial charge in [0.15, 0.2) is 5.58 Å². The molecule has 2 amide bonds. The van der Waals surface area contributed by atoms with Crippen molar-refractivity contribution in [1.82, 2.24) is 15.0 Å². The van der Waals surface area contributed by atoms with Crippen molar-refractivity contribution in [2.75, 3.05) is 26.2 Å². The lowest BCUT2D eigenvalue weighted by Gasteiger charge is -2.32. The van der Waals surface area contributed by atoms with E-state index in [2.05, 4.69) is 10.1 Å². The number of carbonyl (C=O) groups excluding carboxylic acids is 2. The molecule has 0 N–H and O–H groups in total. The molecule has 6 nitrogen and oxygen atoms in total. The first-order valence-electron chi connectivity index (χ1n) is 9.95. The summed E-state index contributed by atoms with van der Waals surface area (Å²) in [4.78, 5) is 28.3. The number of nitrogens with zero attached hydrogens (tertiary/aromatic N) is 3. The molecule has 2 aliphatic rings. The van der Waals surface area contributed by atoms with Gasteiger partial charge in [0.05, 0.1) is 22.2 Å². The Morgan fingerprint density at radius 2 is 1.77 bits per heavy atom. The summed E-state index contributed by atoms with van der Waals surface area (Å²) >= 11 is 0. The second kappa shape index (κ2) is 7.28. The number of piperidine rings is 1. The summed E-state index contributed by atoms with van der Waals surface area (Å²) in [7, 11) is 0. The van der Waals surface area contributed by atoms with E-state index in [1.165, 1.54) is 23.1 Å². The summed E-state index contributed by atoms with van der Waals surface area (Å²) in [5, 5.41) is 4.56. The molecular weight excluding hydrogens is 392 g/mol. The van der Waals surface area contributed by atoms with Crippen LogP contribution in [0.1, 0.15) is 45.2 Å². The average Bonchev–Trinajstić information content (AvgIpc) is 3.28. The highest BCUT2D eigenvalue weighted by molar-refractivity contribution is 6.21. The van der Waals surface area contributed by atoms with Gasteiger partial charge in [-0.3, -0.25) is 14.5 Å². The van der Waals surface area contributed by atoms with E-state index in [1.807, 2.05) is 0 Å². The van der Waals surface area contributed by atoms with Crippen LogP contribution in [0.25, 0.3) is 11.0 Å². The molecule has 2 aliphatic heterocycles. The highest BCUT2D eigenvalue weighted by atomic mass is 19.1. The number of halogens is 2. The predicted molar refractivity (Wildman–Crippen MR) is 104 cm³/mol. The molecule has 5 rings (SSSR count). The number of carbonyl (C=O) groups is 2. The lowest BCUT2D eigenvalue weighted by atomic mass is 9.91. The van der Waals surface area contributed by atoms with E-state index >= 15 is 0 Å². The third-order valence-corrected chi connectivity index (χ3v) is 6.02. The molecule has 8 heteroatoms. The SMILES string of the molecule is O=C1c2ccc(F)cc2C(=O)N1CCN1CCC(c2noc3cccc(F)c23)CC1. The van der Waals surface area contributed by atoms with Crippen LogP contribution < -0.4 is 0 Å².